The Morgan fingerprint density at radius 2 is 1.43 bits per heavy atom. The zero-order valence-corrected chi connectivity index (χ0v) is 49.9. The fourth-order valence-corrected chi connectivity index (χ4v) is 10.6. The number of pyridine rings is 2. The van der Waals surface area contributed by atoms with Gasteiger partial charge >= 0.3 is 12.0 Å². The van der Waals surface area contributed by atoms with Crippen molar-refractivity contribution in [3.8, 4) is 11.4 Å². The van der Waals surface area contributed by atoms with E-state index in [0.29, 0.717) is 111 Å². The first-order valence-electron chi connectivity index (χ1n) is 29.5. The van der Waals surface area contributed by atoms with Gasteiger partial charge in [-0.05, 0) is 97.7 Å². The number of esters is 1. The first-order valence-corrected chi connectivity index (χ1v) is 29.5. The zero-order chi connectivity index (χ0) is 62.1. The molecule has 1 aliphatic carbocycles. The fourth-order valence-electron chi connectivity index (χ4n) is 10.6. The van der Waals surface area contributed by atoms with E-state index in [9.17, 15) is 43.8 Å². The van der Waals surface area contributed by atoms with Crippen LogP contribution in [0, 0.1) is 24.6 Å². The number of halogens is 1. The average molecular weight is 1200 g/mol. The Kier molecular flexibility index (Phi) is 24.5. The lowest BCUT2D eigenvalue weighted by Gasteiger charge is -2.31. The molecule has 4 aromatic rings. The molecule has 2 aromatic heterocycles. The Morgan fingerprint density at radius 1 is 0.814 bits per heavy atom. The zero-order valence-electron chi connectivity index (χ0n) is 49.9. The topological polar surface area (TPSA) is 329 Å². The van der Waals surface area contributed by atoms with Crippen LogP contribution in [0.25, 0.3) is 22.3 Å². The van der Waals surface area contributed by atoms with E-state index in [-0.39, 0.29) is 99.0 Å². The number of nitrogens with zero attached hydrogens (tertiary/aromatic N) is 2. The van der Waals surface area contributed by atoms with Crippen LogP contribution in [-0.2, 0) is 82.3 Å². The summed E-state index contributed by atoms with van der Waals surface area (Å²) in [6.45, 7) is 15.8. The number of hydrogen-bond acceptors (Lipinski definition) is 17. The number of aromatic nitrogens is 2. The number of cyclic esters (lactones) is 1. The molecule has 0 saturated heterocycles. The molecule has 6 amide bonds. The summed E-state index contributed by atoms with van der Waals surface area (Å²) in [5.74, 6) is -3.60. The Labute approximate surface area is 499 Å². The van der Waals surface area contributed by atoms with E-state index in [2.05, 4.69) is 40.4 Å². The van der Waals surface area contributed by atoms with Crippen molar-refractivity contribution in [2.75, 3.05) is 91.1 Å². The molecule has 86 heavy (non-hydrogen) atoms. The van der Waals surface area contributed by atoms with Gasteiger partial charge in [0.1, 0.15) is 24.5 Å². The molecule has 0 fully saturated rings. The highest BCUT2D eigenvalue weighted by molar-refractivity contribution is 5.99. The van der Waals surface area contributed by atoms with Gasteiger partial charge in [-0.15, -0.1) is 0 Å². The first kappa shape index (κ1) is 66.6. The van der Waals surface area contributed by atoms with Gasteiger partial charge in [-0.3, -0.25) is 24.0 Å². The Hall–Kier alpha value is -6.97. The van der Waals surface area contributed by atoms with E-state index >= 15 is 4.39 Å². The normalized spacial score (nSPS) is 16.9. The van der Waals surface area contributed by atoms with Gasteiger partial charge in [-0.25, -0.2) is 19.0 Å². The Bertz CT molecular complexity index is 3100. The average Bonchev–Trinajstić information content (AvgIpc) is 1.48. The van der Waals surface area contributed by atoms with Crippen LogP contribution in [0.5, 0.6) is 0 Å². The highest BCUT2D eigenvalue weighted by Gasteiger charge is 2.46. The molecular formula is C61H83FN8O16. The molecule has 7 rings (SSSR count). The van der Waals surface area contributed by atoms with Crippen LogP contribution in [0.2, 0.25) is 0 Å². The molecule has 24 nitrogen and oxygen atoms in total. The SMILES string of the molecule is CC[C@@]1(O)C(=O)OCc2c1cc1n(c2=O)Cc2c-1nc1cc(F)c(C)c3c1c2[C@@H](NC(=O)C(O)c1ccc(NC(=O)[C@H](CCCNC(N)=O)NC(=O)[C@@H](NC(=O)CCOCCOCCOCCOCCOCCOCCC(C)C)C(C)C)cc1)CC3. The summed E-state index contributed by atoms with van der Waals surface area (Å²) in [4.78, 5) is 97.9. The van der Waals surface area contributed by atoms with Crippen molar-refractivity contribution in [2.24, 2.45) is 17.6 Å². The summed E-state index contributed by atoms with van der Waals surface area (Å²) in [7, 11) is 0. The van der Waals surface area contributed by atoms with E-state index in [4.69, 9.17) is 43.9 Å². The van der Waals surface area contributed by atoms with Crippen molar-refractivity contribution < 1.29 is 76.5 Å². The summed E-state index contributed by atoms with van der Waals surface area (Å²) in [6.07, 6.45) is 0.185. The smallest absolute Gasteiger partial charge is 0.343 e. The van der Waals surface area contributed by atoms with Gasteiger partial charge < -0.3 is 80.3 Å². The number of primary amides is 1. The second-order valence-electron chi connectivity index (χ2n) is 22.3. The minimum Gasteiger partial charge on any atom is -0.458 e. The van der Waals surface area contributed by atoms with E-state index in [0.717, 1.165) is 13.0 Å². The summed E-state index contributed by atoms with van der Waals surface area (Å²) in [5, 5.41) is 37.3. The first-order chi connectivity index (χ1) is 41.2. The maximum absolute atomic E-state index is 15.5. The molecule has 0 spiro atoms. The summed E-state index contributed by atoms with van der Waals surface area (Å²) in [6, 6.07) is 5.05. The predicted molar refractivity (Wildman–Crippen MR) is 313 cm³/mol. The van der Waals surface area contributed by atoms with Gasteiger partial charge in [0, 0.05) is 47.8 Å². The van der Waals surface area contributed by atoms with Crippen LogP contribution in [0.15, 0.2) is 41.2 Å². The number of fused-ring (bicyclic) bond motifs is 5. The van der Waals surface area contributed by atoms with Gasteiger partial charge in [0.2, 0.25) is 17.7 Å². The molecular weight excluding hydrogens is 1120 g/mol. The third-order valence-electron chi connectivity index (χ3n) is 15.5. The predicted octanol–water partition coefficient (Wildman–Crippen LogP) is 3.91. The van der Waals surface area contributed by atoms with Crippen LogP contribution in [-0.4, -0.2) is 153 Å². The minimum atomic E-state index is -2.07. The molecule has 0 bridgehead atoms. The lowest BCUT2D eigenvalue weighted by atomic mass is 9.81. The van der Waals surface area contributed by atoms with Crippen LogP contribution >= 0.6 is 0 Å². The molecule has 3 aliphatic rings. The lowest BCUT2D eigenvalue weighted by molar-refractivity contribution is -0.172. The number of ether oxygens (including phenoxy) is 7. The summed E-state index contributed by atoms with van der Waals surface area (Å²) >= 11 is 0. The minimum absolute atomic E-state index is 0.0213. The number of carbonyl (C=O) groups excluding carboxylic acids is 6. The van der Waals surface area contributed by atoms with Gasteiger partial charge in [0.05, 0.1) is 108 Å². The van der Waals surface area contributed by atoms with Crippen LogP contribution in [0.3, 0.4) is 0 Å². The monoisotopic (exact) mass is 1200 g/mol. The molecule has 0 radical (unpaired) electrons. The van der Waals surface area contributed by atoms with Gasteiger partial charge in [-0.1, -0.05) is 46.8 Å². The van der Waals surface area contributed by atoms with Crippen LogP contribution < -0.4 is 37.9 Å². The molecule has 1 unspecified atom stereocenters. The van der Waals surface area contributed by atoms with E-state index < -0.39 is 76.8 Å². The van der Waals surface area contributed by atoms with Gasteiger partial charge in [0.15, 0.2) is 11.7 Å². The Morgan fingerprint density at radius 3 is 2.02 bits per heavy atom. The molecule has 2 aromatic carbocycles. The molecule has 25 heteroatoms. The highest BCUT2D eigenvalue weighted by Crippen LogP contribution is 2.46. The number of hydrogen-bond donors (Lipinski definition) is 8. The third-order valence-corrected chi connectivity index (χ3v) is 15.5. The number of nitrogens with two attached hydrogens (primary N) is 1. The van der Waals surface area contributed by atoms with Crippen molar-refractivity contribution >= 4 is 52.2 Å². The number of aryl methyl sites for hydroxylation is 1. The Balaban J connectivity index is 0.893. The number of benzene rings is 2. The summed E-state index contributed by atoms with van der Waals surface area (Å²) in [5.41, 5.74) is 6.61. The standard InChI is InChI=1S/C61H83FN8O16/c1-7-61(79)43-31-48-53-41(33-70(48)58(76)42(43)34-86-59(61)77)51-45(15-14-40-37(6)44(62)32-47(66-53)50(40)51)67-57(75)54(72)38-10-12-39(13-11-38)65-55(73)46(9-8-18-64-60(63)78)68-56(74)52(36(4)5)69-49(71)17-20-81-22-24-83-26-28-85-30-29-84-27-25-82-23-21-80-19-16-35(2)3/h10-13,31-32,35-36,45-46,52,54,72,79H,7-9,14-30,33-34H2,1-6H3,(H,65,73)(H,67,75)(H,68,74)(H,69,71)(H3,63,64,78)/t45-,46-,52-,54?,61-/m0/s1. The number of aliphatic hydroxyl groups is 2. The van der Waals surface area contributed by atoms with Crippen molar-refractivity contribution in [1.29, 1.82) is 0 Å². The number of amides is 6. The summed E-state index contributed by atoms with van der Waals surface area (Å²) < 4.78 is 55.3. The van der Waals surface area contributed by atoms with Gasteiger partial charge in [-0.2, -0.15) is 0 Å². The lowest BCUT2D eigenvalue weighted by Crippen LogP contribution is -2.54. The maximum atomic E-state index is 15.5. The number of anilines is 1. The quantitative estimate of drug-likeness (QED) is 0.0211. The maximum Gasteiger partial charge on any atom is 0.343 e. The third kappa shape index (κ3) is 17.0. The number of urea groups is 1. The number of aliphatic hydroxyl groups excluding tert-OH is 1. The van der Waals surface area contributed by atoms with Crippen molar-refractivity contribution in [3.63, 3.8) is 0 Å². The molecule has 0 saturated carbocycles. The van der Waals surface area contributed by atoms with Crippen molar-refractivity contribution in [1.82, 2.24) is 30.8 Å². The van der Waals surface area contributed by atoms with Crippen LogP contribution in [0.4, 0.5) is 14.9 Å². The molecule has 2 aliphatic heterocycles. The number of carbonyl (C=O) groups is 6. The molecule has 5 atom stereocenters. The molecule has 470 valence electrons. The second-order valence-corrected chi connectivity index (χ2v) is 22.3. The number of rotatable bonds is 35. The number of nitrogens with one attached hydrogen (secondary N) is 5. The largest absolute Gasteiger partial charge is 0.458 e. The van der Waals surface area contributed by atoms with Crippen LogP contribution in [0.1, 0.15) is 124 Å². The second kappa shape index (κ2) is 31.6. The fraction of sp³-hybridized carbons (Fsp3) is 0.574. The molecule has 4 heterocycles. The highest BCUT2D eigenvalue weighted by atomic mass is 19.1. The van der Waals surface area contributed by atoms with Crippen molar-refractivity contribution in [2.45, 2.75) is 129 Å². The van der Waals surface area contributed by atoms with E-state index in [1.165, 1.54) is 34.9 Å². The van der Waals surface area contributed by atoms with Gasteiger partial charge in [0.25, 0.3) is 11.5 Å². The van der Waals surface area contributed by atoms with E-state index in [1.807, 2.05) is 0 Å². The molecule has 9 N–H and O–H groups in total. The van der Waals surface area contributed by atoms with Crippen molar-refractivity contribution in [3.05, 3.63) is 91.5 Å². The van der Waals surface area contributed by atoms with E-state index in [1.54, 1.807) is 33.8 Å².